The molecule has 0 saturated carbocycles. The van der Waals surface area contributed by atoms with Crippen molar-refractivity contribution in [3.05, 3.63) is 101 Å². The first-order chi connectivity index (χ1) is 26.5. The summed E-state index contributed by atoms with van der Waals surface area (Å²) in [6.07, 6.45) is 0.325. The first kappa shape index (κ1) is 38.1. The smallest absolute Gasteiger partial charge is 0.266 e. The molecule has 6 rings (SSSR count). The number of aryl methyl sites for hydroxylation is 1. The Morgan fingerprint density at radius 3 is 2.44 bits per heavy atom. The van der Waals surface area contributed by atoms with Crippen LogP contribution in [0.2, 0.25) is 0 Å². The van der Waals surface area contributed by atoms with E-state index in [4.69, 9.17) is 9.47 Å². The van der Waals surface area contributed by atoms with Crippen LogP contribution in [0.15, 0.2) is 78.9 Å². The van der Waals surface area contributed by atoms with Gasteiger partial charge in [0.25, 0.3) is 17.7 Å². The van der Waals surface area contributed by atoms with E-state index in [0.29, 0.717) is 30.6 Å². The number of nitrogens with zero attached hydrogens (tertiary/aromatic N) is 4. The van der Waals surface area contributed by atoms with E-state index >= 15 is 0 Å². The van der Waals surface area contributed by atoms with Crippen LogP contribution in [0, 0.1) is 6.92 Å². The lowest BCUT2D eigenvalue weighted by Crippen LogP contribution is -2.54. The topological polar surface area (TPSA) is 201 Å². The number of benzene rings is 3. The molecule has 3 heterocycles. The molecule has 2 aliphatic heterocycles. The number of hydrogen-bond donors (Lipinski definition) is 4. The quantitative estimate of drug-likeness (QED) is 0.0966. The Morgan fingerprint density at radius 2 is 1.67 bits per heavy atom. The fourth-order valence-corrected chi connectivity index (χ4v) is 6.04. The Morgan fingerprint density at radius 1 is 0.909 bits per heavy atom. The number of likely N-dealkylation sites (N-methyl/N-ethyl adjacent to an activating group) is 1. The molecule has 0 radical (unpaired) electrons. The van der Waals surface area contributed by atoms with Crippen LogP contribution in [-0.2, 0) is 30.3 Å². The number of piperidine rings is 1. The molecule has 0 spiro atoms. The maximum absolute atomic E-state index is 13.2. The average Bonchev–Trinajstić information content (AvgIpc) is 3.42. The zero-order chi connectivity index (χ0) is 38.9. The summed E-state index contributed by atoms with van der Waals surface area (Å²) >= 11 is 0. The van der Waals surface area contributed by atoms with Crippen molar-refractivity contribution in [1.29, 1.82) is 0 Å². The van der Waals surface area contributed by atoms with Crippen molar-refractivity contribution in [3.8, 4) is 5.75 Å². The third-order valence-corrected chi connectivity index (χ3v) is 8.79. The Bertz CT molecular complexity index is 2090. The summed E-state index contributed by atoms with van der Waals surface area (Å²) in [5.41, 5.74) is 3.16. The van der Waals surface area contributed by atoms with Gasteiger partial charge in [0.05, 0.1) is 30.8 Å². The number of carbonyl (C=O) groups excluding carboxylic acids is 6. The van der Waals surface area contributed by atoms with Crippen molar-refractivity contribution in [2.45, 2.75) is 32.2 Å². The number of nitrogens with one attached hydrogen (secondary N) is 4. The molecule has 1 aromatic heterocycles. The Balaban J connectivity index is 0.904. The number of amides is 6. The SMILES string of the molecule is Cc1cc(N(C)CCOCCNC(=O)COc2cccc3c2C(=O)N(C2CCC(=O)NC2=O)C3=O)nc(Nc2ccc(NC(=O)Cc3ccccc3)cc2)n1. The molecule has 55 heavy (non-hydrogen) atoms. The highest BCUT2D eigenvalue weighted by Crippen LogP contribution is 2.33. The molecule has 6 amide bonds. The van der Waals surface area contributed by atoms with Crippen LogP contribution < -0.4 is 30.9 Å². The van der Waals surface area contributed by atoms with E-state index in [9.17, 15) is 28.8 Å². The van der Waals surface area contributed by atoms with Crippen LogP contribution in [0.4, 0.5) is 23.1 Å². The predicted octanol–water partition coefficient (Wildman–Crippen LogP) is 2.76. The van der Waals surface area contributed by atoms with Gasteiger partial charge < -0.3 is 30.3 Å². The van der Waals surface area contributed by atoms with Crippen LogP contribution in [0.25, 0.3) is 0 Å². The Labute approximate surface area is 316 Å². The molecule has 0 aliphatic carbocycles. The maximum atomic E-state index is 13.2. The molecule has 284 valence electrons. The molecule has 1 unspecified atom stereocenters. The monoisotopic (exact) mass is 748 g/mol. The van der Waals surface area contributed by atoms with Crippen LogP contribution in [-0.4, -0.2) is 96.3 Å². The van der Waals surface area contributed by atoms with Crippen LogP contribution in [0.5, 0.6) is 5.75 Å². The number of fused-ring (bicyclic) bond motifs is 1. The molecule has 0 bridgehead atoms. The minimum Gasteiger partial charge on any atom is -0.483 e. The van der Waals surface area contributed by atoms with Gasteiger partial charge in [-0.15, -0.1) is 0 Å². The molecule has 1 fully saturated rings. The van der Waals surface area contributed by atoms with Gasteiger partial charge in [-0.25, -0.2) is 4.98 Å². The van der Waals surface area contributed by atoms with Gasteiger partial charge in [-0.2, -0.15) is 4.98 Å². The van der Waals surface area contributed by atoms with Gasteiger partial charge in [-0.05, 0) is 55.3 Å². The lowest BCUT2D eigenvalue weighted by molar-refractivity contribution is -0.136. The number of ether oxygens (including phenoxy) is 2. The van der Waals surface area contributed by atoms with Gasteiger partial charge in [0.2, 0.25) is 23.7 Å². The summed E-state index contributed by atoms with van der Waals surface area (Å²) in [4.78, 5) is 86.9. The zero-order valence-electron chi connectivity index (χ0n) is 30.3. The molecule has 1 saturated heterocycles. The van der Waals surface area contributed by atoms with Gasteiger partial charge in [0.15, 0.2) is 6.61 Å². The largest absolute Gasteiger partial charge is 0.483 e. The summed E-state index contributed by atoms with van der Waals surface area (Å²) in [5.74, 6) is -1.99. The van der Waals surface area contributed by atoms with E-state index in [0.717, 1.165) is 21.8 Å². The molecular formula is C39H40N8O8. The lowest BCUT2D eigenvalue weighted by atomic mass is 10.0. The summed E-state index contributed by atoms with van der Waals surface area (Å²) in [6.45, 7) is 2.74. The molecule has 1 atom stereocenters. The van der Waals surface area contributed by atoms with Crippen LogP contribution in [0.1, 0.15) is 44.8 Å². The number of imide groups is 2. The molecule has 4 N–H and O–H groups in total. The van der Waals surface area contributed by atoms with Crippen molar-refractivity contribution in [2.75, 3.05) is 55.5 Å². The summed E-state index contributed by atoms with van der Waals surface area (Å²) in [5, 5.41) is 11.0. The minimum absolute atomic E-state index is 0.00598. The van der Waals surface area contributed by atoms with Gasteiger partial charge in [0, 0.05) is 49.7 Å². The number of carbonyl (C=O) groups is 6. The van der Waals surface area contributed by atoms with Gasteiger partial charge >= 0.3 is 0 Å². The second kappa shape index (κ2) is 17.4. The van der Waals surface area contributed by atoms with Crippen molar-refractivity contribution in [1.82, 2.24) is 25.5 Å². The summed E-state index contributed by atoms with van der Waals surface area (Å²) in [6, 6.07) is 22.0. The normalized spacial score (nSPS) is 14.9. The Kier molecular flexibility index (Phi) is 12.1. The number of aromatic nitrogens is 2. The van der Waals surface area contributed by atoms with Crippen LogP contribution >= 0.6 is 0 Å². The highest BCUT2D eigenvalue weighted by molar-refractivity contribution is 6.24. The van der Waals surface area contributed by atoms with E-state index in [2.05, 4.69) is 31.2 Å². The lowest BCUT2D eigenvalue weighted by Gasteiger charge is -2.27. The third-order valence-electron chi connectivity index (χ3n) is 8.79. The standard InChI is InChI=1S/C39H40N8O8/c1-24-21-31(44-39(41-24)43-27-13-11-26(12-14-27)42-33(49)22-25-7-4-3-5-8-25)46(2)18-20-54-19-17-40-34(50)23-55-30-10-6-9-28-35(30)38(53)47(37(28)52)29-15-16-32(48)45-36(29)51/h3-14,21,29H,15-20,22-23H2,1-2H3,(H,40,50)(H,42,49)(H,41,43,44)(H,45,48,51). The summed E-state index contributed by atoms with van der Waals surface area (Å²) < 4.78 is 11.3. The van der Waals surface area contributed by atoms with Crippen molar-refractivity contribution in [3.63, 3.8) is 0 Å². The van der Waals surface area contributed by atoms with Crippen molar-refractivity contribution in [2.24, 2.45) is 0 Å². The first-order valence-corrected chi connectivity index (χ1v) is 17.6. The van der Waals surface area contributed by atoms with Crippen LogP contribution in [0.3, 0.4) is 0 Å². The van der Waals surface area contributed by atoms with E-state index < -0.39 is 42.2 Å². The van der Waals surface area contributed by atoms with E-state index in [-0.39, 0.29) is 55.2 Å². The van der Waals surface area contributed by atoms with Gasteiger partial charge in [-0.1, -0.05) is 36.4 Å². The fourth-order valence-electron chi connectivity index (χ4n) is 6.04. The van der Waals surface area contributed by atoms with Gasteiger partial charge in [-0.3, -0.25) is 39.0 Å². The van der Waals surface area contributed by atoms with Gasteiger partial charge in [0.1, 0.15) is 17.6 Å². The molecular weight excluding hydrogens is 708 g/mol. The number of hydrogen-bond acceptors (Lipinski definition) is 12. The molecule has 4 aromatic rings. The second-order valence-electron chi connectivity index (χ2n) is 12.9. The molecule has 2 aliphatic rings. The highest BCUT2D eigenvalue weighted by atomic mass is 16.5. The molecule has 16 nitrogen and oxygen atoms in total. The second-order valence-corrected chi connectivity index (χ2v) is 12.9. The zero-order valence-corrected chi connectivity index (χ0v) is 30.3. The highest BCUT2D eigenvalue weighted by Gasteiger charge is 2.46. The minimum atomic E-state index is -1.11. The van der Waals surface area contributed by atoms with E-state index in [1.54, 1.807) is 12.1 Å². The molecule has 3 aromatic carbocycles. The van der Waals surface area contributed by atoms with E-state index in [1.165, 1.54) is 18.2 Å². The number of rotatable bonds is 16. The van der Waals surface area contributed by atoms with Crippen molar-refractivity contribution >= 4 is 58.6 Å². The fraction of sp³-hybridized carbons (Fsp3) is 0.282. The summed E-state index contributed by atoms with van der Waals surface area (Å²) in [7, 11) is 1.88. The molecule has 16 heteroatoms. The Hall–Kier alpha value is -6.68. The van der Waals surface area contributed by atoms with E-state index in [1.807, 2.05) is 67.4 Å². The average molecular weight is 749 g/mol. The first-order valence-electron chi connectivity index (χ1n) is 17.6. The van der Waals surface area contributed by atoms with Crippen molar-refractivity contribution < 1.29 is 38.2 Å². The predicted molar refractivity (Wildman–Crippen MR) is 201 cm³/mol. The third kappa shape index (κ3) is 9.66. The maximum Gasteiger partial charge on any atom is 0.266 e. The number of anilines is 4.